The second-order valence-corrected chi connectivity index (χ2v) is 5.08. The molecule has 0 spiro atoms. The molecular formula is C17H18F3NO2. The van der Waals surface area contributed by atoms with E-state index in [0.29, 0.717) is 6.54 Å². The van der Waals surface area contributed by atoms with Gasteiger partial charge in [-0.05, 0) is 23.3 Å². The molecule has 2 N–H and O–H groups in total. The Labute approximate surface area is 132 Å². The third-order valence-electron chi connectivity index (χ3n) is 3.24. The van der Waals surface area contributed by atoms with Gasteiger partial charge >= 0.3 is 6.18 Å². The molecule has 0 saturated heterocycles. The van der Waals surface area contributed by atoms with Crippen LogP contribution in [0.15, 0.2) is 54.6 Å². The molecule has 124 valence electrons. The fourth-order valence-corrected chi connectivity index (χ4v) is 2.12. The van der Waals surface area contributed by atoms with Gasteiger partial charge in [-0.3, -0.25) is 0 Å². The molecule has 0 saturated carbocycles. The van der Waals surface area contributed by atoms with E-state index in [1.807, 2.05) is 30.3 Å². The molecule has 1 unspecified atom stereocenters. The molecule has 6 heteroatoms. The molecule has 23 heavy (non-hydrogen) atoms. The van der Waals surface area contributed by atoms with E-state index in [9.17, 15) is 18.3 Å². The van der Waals surface area contributed by atoms with Crippen molar-refractivity contribution in [1.82, 2.24) is 5.32 Å². The summed E-state index contributed by atoms with van der Waals surface area (Å²) in [6.45, 7) is -0.981. The molecule has 2 aromatic rings. The number of ether oxygens (including phenoxy) is 1. The van der Waals surface area contributed by atoms with Gasteiger partial charge in [-0.1, -0.05) is 42.5 Å². The van der Waals surface area contributed by atoms with Crippen LogP contribution >= 0.6 is 0 Å². The minimum absolute atomic E-state index is 0.0751. The maximum atomic E-state index is 12.2. The standard InChI is InChI=1S/C17H18F3NO2/c18-17(19,20)12-23-15-8-4-5-13(9-15)10-21-16(11-22)14-6-2-1-3-7-14/h1-9,16,21-22H,10-12H2. The summed E-state index contributed by atoms with van der Waals surface area (Å²) in [7, 11) is 0. The van der Waals surface area contributed by atoms with Gasteiger partial charge in [-0.2, -0.15) is 13.2 Å². The highest BCUT2D eigenvalue weighted by Gasteiger charge is 2.28. The van der Waals surface area contributed by atoms with Crippen LogP contribution < -0.4 is 10.1 Å². The second-order valence-electron chi connectivity index (χ2n) is 5.08. The van der Waals surface area contributed by atoms with Crippen molar-refractivity contribution < 1.29 is 23.0 Å². The Morgan fingerprint density at radius 2 is 1.78 bits per heavy atom. The summed E-state index contributed by atoms with van der Waals surface area (Å²) in [6, 6.07) is 15.7. The van der Waals surface area contributed by atoms with Crippen LogP contribution in [0.25, 0.3) is 0 Å². The average molecular weight is 325 g/mol. The molecule has 0 radical (unpaired) electrons. The van der Waals surface area contributed by atoms with Crippen molar-refractivity contribution in [3.8, 4) is 5.75 Å². The minimum Gasteiger partial charge on any atom is -0.484 e. The van der Waals surface area contributed by atoms with Crippen molar-refractivity contribution in [3.63, 3.8) is 0 Å². The van der Waals surface area contributed by atoms with Crippen LogP contribution in [-0.4, -0.2) is 24.5 Å². The highest BCUT2D eigenvalue weighted by atomic mass is 19.4. The van der Waals surface area contributed by atoms with Crippen molar-refractivity contribution in [2.24, 2.45) is 0 Å². The number of alkyl halides is 3. The molecule has 0 heterocycles. The summed E-state index contributed by atoms with van der Waals surface area (Å²) in [6.07, 6.45) is -4.36. The number of halogens is 3. The van der Waals surface area contributed by atoms with E-state index in [1.165, 1.54) is 6.07 Å². The van der Waals surface area contributed by atoms with Crippen molar-refractivity contribution in [2.75, 3.05) is 13.2 Å². The number of nitrogens with one attached hydrogen (secondary N) is 1. The van der Waals surface area contributed by atoms with E-state index in [2.05, 4.69) is 5.32 Å². The average Bonchev–Trinajstić information content (AvgIpc) is 2.54. The lowest BCUT2D eigenvalue weighted by atomic mass is 10.1. The number of hydrogen-bond donors (Lipinski definition) is 2. The molecule has 1 atom stereocenters. The topological polar surface area (TPSA) is 41.5 Å². The molecule has 0 fully saturated rings. The van der Waals surface area contributed by atoms with E-state index in [-0.39, 0.29) is 18.4 Å². The fourth-order valence-electron chi connectivity index (χ4n) is 2.12. The Balaban J connectivity index is 1.95. The van der Waals surface area contributed by atoms with Gasteiger partial charge in [0, 0.05) is 6.54 Å². The maximum absolute atomic E-state index is 12.2. The van der Waals surface area contributed by atoms with E-state index in [4.69, 9.17) is 4.74 Å². The number of hydrogen-bond acceptors (Lipinski definition) is 3. The third kappa shape index (κ3) is 5.92. The lowest BCUT2D eigenvalue weighted by molar-refractivity contribution is -0.153. The van der Waals surface area contributed by atoms with Crippen LogP contribution in [-0.2, 0) is 6.54 Å². The van der Waals surface area contributed by atoms with Crippen LogP contribution in [0, 0.1) is 0 Å². The van der Waals surface area contributed by atoms with Gasteiger partial charge in [0.15, 0.2) is 6.61 Å². The monoisotopic (exact) mass is 325 g/mol. The summed E-state index contributed by atoms with van der Waals surface area (Å²) in [5, 5.41) is 12.6. The third-order valence-corrected chi connectivity index (χ3v) is 3.24. The highest BCUT2D eigenvalue weighted by Crippen LogP contribution is 2.20. The first-order chi connectivity index (χ1) is 11.0. The number of benzene rings is 2. The number of aliphatic hydroxyl groups is 1. The van der Waals surface area contributed by atoms with Gasteiger partial charge in [0.1, 0.15) is 5.75 Å². The first-order valence-corrected chi connectivity index (χ1v) is 7.15. The zero-order valence-corrected chi connectivity index (χ0v) is 12.4. The first kappa shape index (κ1) is 17.3. The Morgan fingerprint density at radius 3 is 2.43 bits per heavy atom. The molecule has 0 aliphatic carbocycles. The Hall–Kier alpha value is -2.05. The van der Waals surface area contributed by atoms with Gasteiger partial charge in [-0.25, -0.2) is 0 Å². The SMILES string of the molecule is OCC(NCc1cccc(OCC(F)(F)F)c1)c1ccccc1. The number of aliphatic hydroxyl groups excluding tert-OH is 1. The predicted octanol–water partition coefficient (Wildman–Crippen LogP) is 3.45. The Kier molecular flexibility index (Phi) is 6.01. The summed E-state index contributed by atoms with van der Waals surface area (Å²) < 4.78 is 41.2. The van der Waals surface area contributed by atoms with Crippen LogP contribution in [0.1, 0.15) is 17.2 Å². The molecular weight excluding hydrogens is 307 g/mol. The second kappa shape index (κ2) is 7.99. The first-order valence-electron chi connectivity index (χ1n) is 7.15. The Bertz CT molecular complexity index is 602. The molecule has 0 amide bonds. The van der Waals surface area contributed by atoms with Gasteiger partial charge in [-0.15, -0.1) is 0 Å². The number of rotatable bonds is 7. The molecule has 0 aromatic heterocycles. The lowest BCUT2D eigenvalue weighted by Crippen LogP contribution is -2.24. The van der Waals surface area contributed by atoms with Crippen molar-refractivity contribution in [2.45, 2.75) is 18.8 Å². The van der Waals surface area contributed by atoms with Crippen LogP contribution in [0.2, 0.25) is 0 Å². The molecule has 3 nitrogen and oxygen atoms in total. The summed E-state index contributed by atoms with van der Waals surface area (Å²) in [4.78, 5) is 0. The minimum atomic E-state index is -4.36. The van der Waals surface area contributed by atoms with Gasteiger partial charge in [0.25, 0.3) is 0 Å². The summed E-state index contributed by atoms with van der Waals surface area (Å²) in [5.74, 6) is 0.168. The maximum Gasteiger partial charge on any atom is 0.422 e. The molecule has 0 bridgehead atoms. The van der Waals surface area contributed by atoms with Gasteiger partial charge in [0.05, 0.1) is 12.6 Å². The largest absolute Gasteiger partial charge is 0.484 e. The van der Waals surface area contributed by atoms with Crippen LogP contribution in [0.3, 0.4) is 0 Å². The Morgan fingerprint density at radius 1 is 1.04 bits per heavy atom. The van der Waals surface area contributed by atoms with E-state index >= 15 is 0 Å². The lowest BCUT2D eigenvalue weighted by Gasteiger charge is -2.17. The van der Waals surface area contributed by atoms with Gasteiger partial charge in [0.2, 0.25) is 0 Å². The zero-order valence-electron chi connectivity index (χ0n) is 12.4. The van der Waals surface area contributed by atoms with Gasteiger partial charge < -0.3 is 15.2 Å². The molecule has 2 aromatic carbocycles. The zero-order chi connectivity index (χ0) is 16.7. The summed E-state index contributed by atoms with van der Waals surface area (Å²) in [5.41, 5.74) is 1.72. The predicted molar refractivity (Wildman–Crippen MR) is 81.1 cm³/mol. The van der Waals surface area contributed by atoms with E-state index < -0.39 is 12.8 Å². The smallest absolute Gasteiger partial charge is 0.422 e. The van der Waals surface area contributed by atoms with Crippen LogP contribution in [0.5, 0.6) is 5.75 Å². The quantitative estimate of drug-likeness (QED) is 0.819. The molecule has 0 aliphatic rings. The van der Waals surface area contributed by atoms with E-state index in [1.54, 1.807) is 18.2 Å². The molecule has 0 aliphatic heterocycles. The summed E-state index contributed by atoms with van der Waals surface area (Å²) >= 11 is 0. The fraction of sp³-hybridized carbons (Fsp3) is 0.294. The van der Waals surface area contributed by atoms with Crippen molar-refractivity contribution in [3.05, 3.63) is 65.7 Å². The molecule has 2 rings (SSSR count). The normalized spacial score (nSPS) is 12.9. The van der Waals surface area contributed by atoms with Crippen molar-refractivity contribution >= 4 is 0 Å². The highest BCUT2D eigenvalue weighted by molar-refractivity contribution is 5.29. The van der Waals surface area contributed by atoms with Crippen LogP contribution in [0.4, 0.5) is 13.2 Å². The van der Waals surface area contributed by atoms with E-state index in [0.717, 1.165) is 11.1 Å². The van der Waals surface area contributed by atoms with Crippen molar-refractivity contribution in [1.29, 1.82) is 0 Å².